The Bertz CT molecular complexity index is 940. The third-order valence-electron chi connectivity index (χ3n) is 5.19. The molecule has 0 spiro atoms. The molecular formula is C20H23ClN2O3S. The van der Waals surface area contributed by atoms with Gasteiger partial charge in [0.05, 0.1) is 34.5 Å². The van der Waals surface area contributed by atoms with Crippen LogP contribution in [0.2, 0.25) is 5.02 Å². The highest BCUT2D eigenvalue weighted by Crippen LogP contribution is 2.36. The summed E-state index contributed by atoms with van der Waals surface area (Å²) in [7, 11) is -3.69. The first-order valence-corrected chi connectivity index (χ1v) is 11.2. The summed E-state index contributed by atoms with van der Waals surface area (Å²) in [5.41, 5.74) is 3.62. The van der Waals surface area contributed by atoms with Gasteiger partial charge in [-0.15, -0.1) is 0 Å². The van der Waals surface area contributed by atoms with Crippen LogP contribution in [-0.2, 0) is 27.6 Å². The van der Waals surface area contributed by atoms with E-state index < -0.39 is 10.0 Å². The molecule has 0 amide bonds. The molecule has 7 heteroatoms. The van der Waals surface area contributed by atoms with Crippen molar-refractivity contribution < 1.29 is 13.2 Å². The van der Waals surface area contributed by atoms with Crippen LogP contribution < -0.4 is 9.62 Å². The van der Waals surface area contributed by atoms with Crippen molar-refractivity contribution in [1.29, 1.82) is 0 Å². The number of benzene rings is 2. The zero-order valence-electron chi connectivity index (χ0n) is 15.1. The molecule has 0 atom stereocenters. The molecule has 5 nitrogen and oxygen atoms in total. The van der Waals surface area contributed by atoms with E-state index >= 15 is 0 Å². The molecule has 0 bridgehead atoms. The number of para-hydroxylation sites is 1. The average Bonchev–Trinajstić information content (AvgIpc) is 2.68. The molecular weight excluding hydrogens is 384 g/mol. The number of halogens is 1. The number of ether oxygens (including phenoxy) is 1. The van der Waals surface area contributed by atoms with Crippen molar-refractivity contribution in [2.24, 2.45) is 0 Å². The smallest absolute Gasteiger partial charge is 0.261 e. The monoisotopic (exact) mass is 406 g/mol. The number of hydrogen-bond acceptors (Lipinski definition) is 4. The van der Waals surface area contributed by atoms with Crippen LogP contribution >= 0.6 is 11.6 Å². The third-order valence-corrected chi connectivity index (χ3v) is 6.86. The summed E-state index contributed by atoms with van der Waals surface area (Å²) in [5, 5.41) is 0.530. The topological polar surface area (TPSA) is 58.6 Å². The highest BCUT2D eigenvalue weighted by atomic mass is 35.5. The maximum absolute atomic E-state index is 13.0. The summed E-state index contributed by atoms with van der Waals surface area (Å²) in [6, 6.07) is 10.8. The highest BCUT2D eigenvalue weighted by molar-refractivity contribution is 7.92. The van der Waals surface area contributed by atoms with E-state index in [1.807, 2.05) is 12.1 Å². The number of nitrogens with one attached hydrogen (secondary N) is 1. The Labute approximate surface area is 165 Å². The van der Waals surface area contributed by atoms with E-state index in [0.29, 0.717) is 47.6 Å². The third kappa shape index (κ3) is 3.93. The first-order chi connectivity index (χ1) is 13.0. The van der Waals surface area contributed by atoms with Gasteiger partial charge in [0.15, 0.2) is 0 Å². The van der Waals surface area contributed by atoms with Crippen LogP contribution in [0, 0.1) is 0 Å². The Hall–Kier alpha value is -1.76. The first-order valence-electron chi connectivity index (χ1n) is 9.30. The van der Waals surface area contributed by atoms with Gasteiger partial charge in [0, 0.05) is 13.1 Å². The second-order valence-corrected chi connectivity index (χ2v) is 9.07. The zero-order valence-corrected chi connectivity index (χ0v) is 16.7. The molecule has 1 aliphatic heterocycles. The fraction of sp³-hybridized carbons (Fsp3) is 0.400. The molecule has 2 aromatic rings. The normalized spacial score (nSPS) is 17.4. The Morgan fingerprint density at radius 3 is 2.52 bits per heavy atom. The lowest BCUT2D eigenvalue weighted by Crippen LogP contribution is -2.37. The number of rotatable bonds is 4. The van der Waals surface area contributed by atoms with Crippen molar-refractivity contribution in [3.05, 3.63) is 52.5 Å². The van der Waals surface area contributed by atoms with Crippen LogP contribution in [0.5, 0.6) is 0 Å². The molecule has 27 heavy (non-hydrogen) atoms. The highest BCUT2D eigenvalue weighted by Gasteiger charge is 2.23. The van der Waals surface area contributed by atoms with Gasteiger partial charge in [-0.1, -0.05) is 23.7 Å². The van der Waals surface area contributed by atoms with Crippen LogP contribution in [0.25, 0.3) is 0 Å². The lowest BCUT2D eigenvalue weighted by atomic mass is 9.92. The maximum atomic E-state index is 13.0. The van der Waals surface area contributed by atoms with Gasteiger partial charge in [0.1, 0.15) is 0 Å². The number of nitrogens with zero attached hydrogens (tertiary/aromatic N) is 1. The van der Waals surface area contributed by atoms with Gasteiger partial charge in [0.25, 0.3) is 10.0 Å². The Kier molecular flexibility index (Phi) is 5.30. The summed E-state index contributed by atoms with van der Waals surface area (Å²) >= 11 is 6.42. The van der Waals surface area contributed by atoms with Gasteiger partial charge in [-0.25, -0.2) is 8.42 Å². The maximum Gasteiger partial charge on any atom is 0.261 e. The van der Waals surface area contributed by atoms with Crippen molar-refractivity contribution in [1.82, 2.24) is 0 Å². The number of morpholine rings is 1. The Morgan fingerprint density at radius 2 is 1.74 bits per heavy atom. The predicted octanol–water partition coefficient (Wildman–Crippen LogP) is 3.86. The van der Waals surface area contributed by atoms with Crippen LogP contribution in [0.3, 0.4) is 0 Å². The number of fused-ring (bicyclic) bond motifs is 1. The second-order valence-electron chi connectivity index (χ2n) is 6.98. The molecule has 1 saturated heterocycles. The minimum Gasteiger partial charge on any atom is -0.378 e. The lowest BCUT2D eigenvalue weighted by Gasteiger charge is -2.31. The van der Waals surface area contributed by atoms with E-state index in [2.05, 4.69) is 9.62 Å². The molecule has 1 N–H and O–H groups in total. The van der Waals surface area contributed by atoms with Crippen molar-refractivity contribution in [3.8, 4) is 0 Å². The van der Waals surface area contributed by atoms with Crippen LogP contribution in [0.4, 0.5) is 11.4 Å². The fourth-order valence-electron chi connectivity index (χ4n) is 3.79. The van der Waals surface area contributed by atoms with E-state index in [1.54, 1.807) is 24.3 Å². The Balaban J connectivity index is 1.66. The van der Waals surface area contributed by atoms with Gasteiger partial charge >= 0.3 is 0 Å². The minimum atomic E-state index is -3.69. The van der Waals surface area contributed by atoms with Crippen molar-refractivity contribution in [3.63, 3.8) is 0 Å². The second kappa shape index (κ2) is 7.70. The molecule has 0 aromatic heterocycles. The van der Waals surface area contributed by atoms with Gasteiger partial charge < -0.3 is 9.64 Å². The van der Waals surface area contributed by atoms with Crippen LogP contribution in [-0.4, -0.2) is 34.7 Å². The van der Waals surface area contributed by atoms with Crippen molar-refractivity contribution in [2.75, 3.05) is 35.9 Å². The lowest BCUT2D eigenvalue weighted by molar-refractivity contribution is 0.123. The summed E-state index contributed by atoms with van der Waals surface area (Å²) in [6.07, 6.45) is 4.25. The number of sulfonamides is 1. The van der Waals surface area contributed by atoms with E-state index in [4.69, 9.17) is 16.3 Å². The van der Waals surface area contributed by atoms with E-state index in [0.717, 1.165) is 24.8 Å². The molecule has 2 aliphatic rings. The van der Waals surface area contributed by atoms with Crippen molar-refractivity contribution in [2.45, 2.75) is 30.6 Å². The summed E-state index contributed by atoms with van der Waals surface area (Å²) < 4.78 is 34.2. The SMILES string of the molecule is O=S(=O)(Nc1cccc(Cl)c1N1CCOCC1)c1ccc2c(c1)CCCC2. The molecule has 144 valence electrons. The van der Waals surface area contributed by atoms with Gasteiger partial charge in [-0.3, -0.25) is 4.72 Å². The van der Waals surface area contributed by atoms with E-state index in [1.165, 1.54) is 12.0 Å². The summed E-state index contributed by atoms with van der Waals surface area (Å²) in [5.74, 6) is 0. The molecule has 1 heterocycles. The quantitative estimate of drug-likeness (QED) is 0.837. The molecule has 2 aromatic carbocycles. The number of aryl methyl sites for hydroxylation is 2. The minimum absolute atomic E-state index is 0.302. The molecule has 1 aliphatic carbocycles. The van der Waals surface area contributed by atoms with E-state index in [9.17, 15) is 8.42 Å². The van der Waals surface area contributed by atoms with Crippen LogP contribution in [0.1, 0.15) is 24.0 Å². The number of anilines is 2. The first kappa shape index (κ1) is 18.6. The summed E-state index contributed by atoms with van der Waals surface area (Å²) in [4.78, 5) is 2.37. The number of hydrogen-bond donors (Lipinski definition) is 1. The predicted molar refractivity (Wildman–Crippen MR) is 108 cm³/mol. The molecule has 1 fully saturated rings. The van der Waals surface area contributed by atoms with Gasteiger partial charge in [-0.05, 0) is 61.1 Å². The van der Waals surface area contributed by atoms with Gasteiger partial charge in [0.2, 0.25) is 0 Å². The largest absolute Gasteiger partial charge is 0.378 e. The zero-order chi connectivity index (χ0) is 18.9. The summed E-state index contributed by atoms with van der Waals surface area (Å²) in [6.45, 7) is 2.55. The Morgan fingerprint density at radius 1 is 1.00 bits per heavy atom. The van der Waals surface area contributed by atoms with Crippen molar-refractivity contribution >= 4 is 33.0 Å². The van der Waals surface area contributed by atoms with Crippen LogP contribution in [0.15, 0.2) is 41.3 Å². The molecule has 0 saturated carbocycles. The van der Waals surface area contributed by atoms with Gasteiger partial charge in [-0.2, -0.15) is 0 Å². The van der Waals surface area contributed by atoms with E-state index in [-0.39, 0.29) is 0 Å². The molecule has 4 rings (SSSR count). The average molecular weight is 407 g/mol. The standard InChI is InChI=1S/C20H23ClN2O3S/c21-18-6-3-7-19(20(18)23-10-12-26-13-11-23)22-27(24,25)17-9-8-15-4-1-2-5-16(15)14-17/h3,6-9,14,22H,1-2,4-5,10-13H2. The molecule has 0 radical (unpaired) electrons. The fourth-order valence-corrected chi connectivity index (χ4v) is 5.20. The molecule has 0 unspecified atom stereocenters.